The second-order valence-corrected chi connectivity index (χ2v) is 7.36. The highest BCUT2D eigenvalue weighted by Crippen LogP contribution is 2.30. The SMILES string of the molecule is CCCCCCc1ccc(-c2ccc(CCCCO)c3ncccc23)cc1. The number of hydrogen-bond donors (Lipinski definition) is 1. The lowest BCUT2D eigenvalue weighted by molar-refractivity contribution is 0.284. The number of hydrogen-bond acceptors (Lipinski definition) is 2. The molecule has 2 aromatic carbocycles. The van der Waals surface area contributed by atoms with Gasteiger partial charge in [0.15, 0.2) is 0 Å². The van der Waals surface area contributed by atoms with Gasteiger partial charge in [-0.3, -0.25) is 4.98 Å². The molecule has 0 bridgehead atoms. The van der Waals surface area contributed by atoms with Crippen molar-refractivity contribution in [2.45, 2.75) is 58.3 Å². The van der Waals surface area contributed by atoms with Crippen LogP contribution in [0.3, 0.4) is 0 Å². The van der Waals surface area contributed by atoms with Gasteiger partial charge in [0, 0.05) is 18.2 Å². The van der Waals surface area contributed by atoms with Gasteiger partial charge >= 0.3 is 0 Å². The molecule has 0 atom stereocenters. The summed E-state index contributed by atoms with van der Waals surface area (Å²) in [6.07, 6.45) is 11.1. The largest absolute Gasteiger partial charge is 0.396 e. The van der Waals surface area contributed by atoms with Crippen molar-refractivity contribution in [1.29, 1.82) is 0 Å². The summed E-state index contributed by atoms with van der Waals surface area (Å²) >= 11 is 0. The van der Waals surface area contributed by atoms with E-state index in [-0.39, 0.29) is 6.61 Å². The molecule has 0 aliphatic rings. The van der Waals surface area contributed by atoms with Gasteiger partial charge in [-0.2, -0.15) is 0 Å². The van der Waals surface area contributed by atoms with Gasteiger partial charge in [-0.25, -0.2) is 0 Å². The molecule has 0 aliphatic carbocycles. The normalized spacial score (nSPS) is 11.2. The highest BCUT2D eigenvalue weighted by Gasteiger charge is 2.09. The van der Waals surface area contributed by atoms with Crippen molar-refractivity contribution < 1.29 is 5.11 Å². The molecule has 27 heavy (non-hydrogen) atoms. The average Bonchev–Trinajstić information content (AvgIpc) is 2.72. The summed E-state index contributed by atoms with van der Waals surface area (Å²) < 4.78 is 0. The molecule has 1 heterocycles. The van der Waals surface area contributed by atoms with Crippen molar-refractivity contribution in [3.05, 3.63) is 65.9 Å². The Kier molecular flexibility index (Phi) is 7.41. The van der Waals surface area contributed by atoms with E-state index in [2.05, 4.69) is 54.4 Å². The van der Waals surface area contributed by atoms with Crippen LogP contribution in [0, 0.1) is 0 Å². The number of pyridine rings is 1. The number of aryl methyl sites for hydroxylation is 2. The molecule has 0 saturated heterocycles. The minimum absolute atomic E-state index is 0.258. The van der Waals surface area contributed by atoms with Crippen LogP contribution in [-0.4, -0.2) is 16.7 Å². The van der Waals surface area contributed by atoms with Crippen molar-refractivity contribution in [2.75, 3.05) is 6.61 Å². The van der Waals surface area contributed by atoms with Crippen molar-refractivity contribution in [1.82, 2.24) is 4.98 Å². The number of benzene rings is 2. The molecule has 3 aromatic rings. The fourth-order valence-electron chi connectivity index (χ4n) is 3.72. The number of aromatic nitrogens is 1. The van der Waals surface area contributed by atoms with Gasteiger partial charge in [0.1, 0.15) is 0 Å². The fraction of sp³-hybridized carbons (Fsp3) is 0.400. The number of fused-ring (bicyclic) bond motifs is 1. The number of aliphatic hydroxyl groups is 1. The third-order valence-corrected chi connectivity index (χ3v) is 5.29. The number of unbranched alkanes of at least 4 members (excludes halogenated alkanes) is 4. The second-order valence-electron chi connectivity index (χ2n) is 7.36. The van der Waals surface area contributed by atoms with Crippen LogP contribution < -0.4 is 0 Å². The van der Waals surface area contributed by atoms with Crippen molar-refractivity contribution in [3.63, 3.8) is 0 Å². The van der Waals surface area contributed by atoms with Gasteiger partial charge in [-0.05, 0) is 60.4 Å². The lowest BCUT2D eigenvalue weighted by atomic mass is 9.95. The first-order chi connectivity index (χ1) is 13.3. The quantitative estimate of drug-likeness (QED) is 0.427. The summed E-state index contributed by atoms with van der Waals surface area (Å²) in [7, 11) is 0. The summed E-state index contributed by atoms with van der Waals surface area (Å²) in [4.78, 5) is 4.66. The molecular formula is C25H31NO. The van der Waals surface area contributed by atoms with E-state index < -0.39 is 0 Å². The number of aliphatic hydroxyl groups excluding tert-OH is 1. The summed E-state index contributed by atoms with van der Waals surface area (Å²) in [6, 6.07) is 17.7. The Balaban J connectivity index is 1.81. The molecule has 0 fully saturated rings. The first-order valence-electron chi connectivity index (χ1n) is 10.4. The Bertz CT molecular complexity index is 839. The Morgan fingerprint density at radius 1 is 0.815 bits per heavy atom. The molecule has 2 heteroatoms. The zero-order chi connectivity index (χ0) is 18.9. The third kappa shape index (κ3) is 5.17. The fourth-order valence-corrected chi connectivity index (χ4v) is 3.72. The zero-order valence-corrected chi connectivity index (χ0v) is 16.5. The Morgan fingerprint density at radius 2 is 1.63 bits per heavy atom. The van der Waals surface area contributed by atoms with Crippen LogP contribution in [0.1, 0.15) is 56.6 Å². The third-order valence-electron chi connectivity index (χ3n) is 5.29. The van der Waals surface area contributed by atoms with Gasteiger partial charge in [0.05, 0.1) is 5.52 Å². The standard InChI is InChI=1S/C25H31NO/c1-2-3-4-5-9-20-12-14-21(15-13-20)23-17-16-22(10-6-7-19-27)25-24(23)11-8-18-26-25/h8,11-18,27H,2-7,9-10,19H2,1H3. The van der Waals surface area contributed by atoms with Crippen molar-refractivity contribution in [2.24, 2.45) is 0 Å². The summed E-state index contributed by atoms with van der Waals surface area (Å²) in [6.45, 7) is 2.51. The Hall–Kier alpha value is -2.19. The van der Waals surface area contributed by atoms with Gasteiger partial charge in [0.2, 0.25) is 0 Å². The minimum atomic E-state index is 0.258. The van der Waals surface area contributed by atoms with E-state index in [4.69, 9.17) is 5.11 Å². The first-order valence-corrected chi connectivity index (χ1v) is 10.4. The van der Waals surface area contributed by atoms with Crippen LogP contribution in [0.4, 0.5) is 0 Å². The van der Waals surface area contributed by atoms with Gasteiger partial charge in [-0.1, -0.05) is 68.7 Å². The molecule has 0 unspecified atom stereocenters. The van der Waals surface area contributed by atoms with E-state index in [1.807, 2.05) is 12.3 Å². The number of nitrogens with zero attached hydrogens (tertiary/aromatic N) is 1. The van der Waals surface area contributed by atoms with Gasteiger partial charge in [-0.15, -0.1) is 0 Å². The topological polar surface area (TPSA) is 33.1 Å². The van der Waals surface area contributed by atoms with Crippen molar-refractivity contribution >= 4 is 10.9 Å². The van der Waals surface area contributed by atoms with Crippen LogP contribution in [0.15, 0.2) is 54.7 Å². The van der Waals surface area contributed by atoms with Crippen LogP contribution in [0.25, 0.3) is 22.0 Å². The predicted molar refractivity (Wildman–Crippen MR) is 115 cm³/mol. The average molecular weight is 362 g/mol. The molecular weight excluding hydrogens is 330 g/mol. The van der Waals surface area contributed by atoms with Crippen LogP contribution in [0.5, 0.6) is 0 Å². The second kappa shape index (κ2) is 10.2. The lowest BCUT2D eigenvalue weighted by Gasteiger charge is -2.11. The molecule has 0 aliphatic heterocycles. The molecule has 3 rings (SSSR count). The van der Waals surface area contributed by atoms with Crippen LogP contribution in [-0.2, 0) is 12.8 Å². The molecule has 1 aromatic heterocycles. The number of rotatable bonds is 10. The Labute approximate surface area is 163 Å². The molecule has 2 nitrogen and oxygen atoms in total. The summed E-state index contributed by atoms with van der Waals surface area (Å²) in [5, 5.41) is 10.3. The van der Waals surface area contributed by atoms with E-state index in [0.717, 1.165) is 24.8 Å². The van der Waals surface area contributed by atoms with E-state index >= 15 is 0 Å². The van der Waals surface area contributed by atoms with Gasteiger partial charge in [0.25, 0.3) is 0 Å². The maximum absolute atomic E-state index is 9.04. The maximum Gasteiger partial charge on any atom is 0.0740 e. The lowest BCUT2D eigenvalue weighted by Crippen LogP contribution is -1.94. The minimum Gasteiger partial charge on any atom is -0.396 e. The van der Waals surface area contributed by atoms with Gasteiger partial charge < -0.3 is 5.11 Å². The highest BCUT2D eigenvalue weighted by atomic mass is 16.2. The van der Waals surface area contributed by atoms with E-state index in [1.54, 1.807) is 0 Å². The predicted octanol–water partition coefficient (Wildman–Crippen LogP) is 6.34. The summed E-state index contributed by atoms with van der Waals surface area (Å²) in [5.41, 5.74) is 6.30. The van der Waals surface area contributed by atoms with E-state index in [0.29, 0.717) is 0 Å². The molecule has 142 valence electrons. The van der Waals surface area contributed by atoms with Crippen LogP contribution >= 0.6 is 0 Å². The van der Waals surface area contributed by atoms with E-state index in [1.165, 1.54) is 59.7 Å². The zero-order valence-electron chi connectivity index (χ0n) is 16.5. The van der Waals surface area contributed by atoms with E-state index in [9.17, 15) is 0 Å². The highest BCUT2D eigenvalue weighted by molar-refractivity contribution is 5.96. The smallest absolute Gasteiger partial charge is 0.0740 e. The van der Waals surface area contributed by atoms with Crippen LogP contribution in [0.2, 0.25) is 0 Å². The monoisotopic (exact) mass is 361 g/mol. The Morgan fingerprint density at radius 3 is 2.41 bits per heavy atom. The first kappa shape index (κ1) is 19.6. The molecule has 1 N–H and O–H groups in total. The molecule has 0 amide bonds. The summed E-state index contributed by atoms with van der Waals surface area (Å²) in [5.74, 6) is 0. The molecule has 0 saturated carbocycles. The maximum atomic E-state index is 9.04. The molecule has 0 radical (unpaired) electrons. The molecule has 0 spiro atoms. The van der Waals surface area contributed by atoms with Crippen molar-refractivity contribution in [3.8, 4) is 11.1 Å².